The van der Waals surface area contributed by atoms with Gasteiger partial charge in [0.1, 0.15) is 17.2 Å². The maximum atomic E-state index is 13.2. The van der Waals surface area contributed by atoms with E-state index in [2.05, 4.69) is 10.3 Å². The standard InChI is InChI=1S/C21H24N4O3/c1-12-7-16(13(2)28-12)18-11-24-10-17(20(26)22-8-14-3-4-14)23-19(24)21(27)25(18)9-15-5-6-15/h7,10-11,14-15H,3-6,8-9H2,1-2H3,(H,22,26). The first-order valence-corrected chi connectivity index (χ1v) is 9.97. The summed E-state index contributed by atoms with van der Waals surface area (Å²) in [5.74, 6) is 2.49. The summed E-state index contributed by atoms with van der Waals surface area (Å²) in [7, 11) is 0. The van der Waals surface area contributed by atoms with Crippen molar-refractivity contribution in [1.82, 2.24) is 19.3 Å². The summed E-state index contributed by atoms with van der Waals surface area (Å²) in [5, 5.41) is 2.92. The Labute approximate surface area is 162 Å². The Balaban J connectivity index is 1.60. The Bertz CT molecular complexity index is 1130. The van der Waals surface area contributed by atoms with E-state index in [4.69, 9.17) is 4.42 Å². The molecule has 0 saturated heterocycles. The van der Waals surface area contributed by atoms with E-state index in [1.54, 1.807) is 15.2 Å². The highest BCUT2D eigenvalue weighted by atomic mass is 16.3. The van der Waals surface area contributed by atoms with Gasteiger partial charge in [-0.25, -0.2) is 4.98 Å². The first-order valence-electron chi connectivity index (χ1n) is 9.97. The first-order chi connectivity index (χ1) is 13.5. The highest BCUT2D eigenvalue weighted by molar-refractivity contribution is 5.92. The Morgan fingerprint density at radius 2 is 1.96 bits per heavy atom. The number of furan rings is 1. The lowest BCUT2D eigenvalue weighted by Crippen LogP contribution is -2.26. The third-order valence-electron chi connectivity index (χ3n) is 5.66. The number of rotatable bonds is 6. The average molecular weight is 380 g/mol. The van der Waals surface area contributed by atoms with Gasteiger partial charge in [0, 0.05) is 31.0 Å². The maximum absolute atomic E-state index is 13.2. The smallest absolute Gasteiger partial charge is 0.294 e. The minimum absolute atomic E-state index is 0.163. The Hall–Kier alpha value is -2.83. The van der Waals surface area contributed by atoms with Gasteiger partial charge in [-0.3, -0.25) is 14.0 Å². The molecule has 0 unspecified atom stereocenters. The molecule has 3 heterocycles. The van der Waals surface area contributed by atoms with Crippen LogP contribution < -0.4 is 10.9 Å². The van der Waals surface area contributed by atoms with Gasteiger partial charge in [0.05, 0.1) is 5.69 Å². The van der Waals surface area contributed by atoms with Crippen molar-refractivity contribution in [3.8, 4) is 11.3 Å². The molecule has 0 aromatic carbocycles. The third-order valence-corrected chi connectivity index (χ3v) is 5.66. The number of hydrogen-bond acceptors (Lipinski definition) is 4. The van der Waals surface area contributed by atoms with Crippen LogP contribution in [0.3, 0.4) is 0 Å². The topological polar surface area (TPSA) is 81.5 Å². The van der Waals surface area contributed by atoms with Crippen LogP contribution in [-0.2, 0) is 6.54 Å². The van der Waals surface area contributed by atoms with Crippen molar-refractivity contribution in [2.45, 2.75) is 46.1 Å². The van der Waals surface area contributed by atoms with Crippen LogP contribution in [0.15, 0.2) is 27.7 Å². The summed E-state index contributed by atoms with van der Waals surface area (Å²) in [6, 6.07) is 1.96. The third kappa shape index (κ3) is 3.15. The first kappa shape index (κ1) is 17.3. The summed E-state index contributed by atoms with van der Waals surface area (Å²) in [4.78, 5) is 30.0. The van der Waals surface area contributed by atoms with Crippen LogP contribution in [0.25, 0.3) is 16.9 Å². The zero-order chi connectivity index (χ0) is 19.4. The van der Waals surface area contributed by atoms with Gasteiger partial charge in [-0.15, -0.1) is 0 Å². The maximum Gasteiger partial charge on any atom is 0.294 e. The summed E-state index contributed by atoms with van der Waals surface area (Å²) in [6.07, 6.45) is 8.16. The second-order valence-electron chi connectivity index (χ2n) is 8.21. The van der Waals surface area contributed by atoms with Crippen molar-refractivity contribution in [3.63, 3.8) is 0 Å². The molecule has 2 aliphatic rings. The van der Waals surface area contributed by atoms with Crippen molar-refractivity contribution in [2.75, 3.05) is 6.54 Å². The molecule has 3 aromatic rings. The number of carbonyl (C=O) groups is 1. The predicted octanol–water partition coefficient (Wildman–Crippen LogP) is 2.92. The van der Waals surface area contributed by atoms with E-state index >= 15 is 0 Å². The van der Waals surface area contributed by atoms with Gasteiger partial charge in [0.25, 0.3) is 11.5 Å². The Morgan fingerprint density at radius 3 is 2.61 bits per heavy atom. The average Bonchev–Trinajstić information content (AvgIpc) is 3.58. The molecular weight excluding hydrogens is 356 g/mol. The van der Waals surface area contributed by atoms with Crippen LogP contribution in [0, 0.1) is 25.7 Å². The second-order valence-corrected chi connectivity index (χ2v) is 8.21. The Morgan fingerprint density at radius 1 is 1.21 bits per heavy atom. The molecule has 0 spiro atoms. The van der Waals surface area contributed by atoms with Crippen LogP contribution >= 0.6 is 0 Å². The number of hydrogen-bond donors (Lipinski definition) is 1. The van der Waals surface area contributed by atoms with Gasteiger partial charge in [-0.2, -0.15) is 0 Å². The number of aromatic nitrogens is 3. The van der Waals surface area contributed by atoms with E-state index in [1.165, 1.54) is 12.8 Å². The molecule has 1 amide bonds. The lowest BCUT2D eigenvalue weighted by Gasteiger charge is -2.12. The van der Waals surface area contributed by atoms with Crippen LogP contribution in [0.5, 0.6) is 0 Å². The molecule has 3 aromatic heterocycles. The van der Waals surface area contributed by atoms with E-state index in [9.17, 15) is 9.59 Å². The van der Waals surface area contributed by atoms with Gasteiger partial charge >= 0.3 is 0 Å². The lowest BCUT2D eigenvalue weighted by molar-refractivity contribution is 0.0947. The van der Waals surface area contributed by atoms with Crippen molar-refractivity contribution in [3.05, 3.63) is 46.0 Å². The van der Waals surface area contributed by atoms with Gasteiger partial charge in [-0.05, 0) is 57.4 Å². The van der Waals surface area contributed by atoms with Crippen LogP contribution in [0.1, 0.15) is 47.7 Å². The summed E-state index contributed by atoms with van der Waals surface area (Å²) in [6.45, 7) is 5.16. The minimum Gasteiger partial charge on any atom is -0.466 e. The number of imidazole rings is 1. The molecule has 5 rings (SSSR count). The number of amides is 1. The van der Waals surface area contributed by atoms with E-state index in [1.807, 2.05) is 26.1 Å². The summed E-state index contributed by atoms with van der Waals surface area (Å²) < 4.78 is 9.17. The fourth-order valence-electron chi connectivity index (χ4n) is 3.68. The fourth-order valence-corrected chi connectivity index (χ4v) is 3.68. The summed E-state index contributed by atoms with van der Waals surface area (Å²) in [5.41, 5.74) is 2.13. The SMILES string of the molecule is Cc1cc(-c2cn3cc(C(=O)NCC4CC4)nc3c(=O)n2CC2CC2)c(C)o1. The van der Waals surface area contributed by atoms with Crippen molar-refractivity contribution in [1.29, 1.82) is 0 Å². The summed E-state index contributed by atoms with van der Waals surface area (Å²) >= 11 is 0. The molecule has 2 fully saturated rings. The molecule has 0 aliphatic heterocycles. The predicted molar refractivity (Wildman–Crippen MR) is 104 cm³/mol. The van der Waals surface area contributed by atoms with E-state index in [0.717, 1.165) is 35.6 Å². The molecule has 28 heavy (non-hydrogen) atoms. The fraction of sp³-hybridized carbons (Fsp3) is 0.476. The number of fused-ring (bicyclic) bond motifs is 1. The molecule has 1 N–H and O–H groups in total. The van der Waals surface area contributed by atoms with Gasteiger partial charge in [0.2, 0.25) is 5.65 Å². The molecule has 0 atom stereocenters. The zero-order valence-electron chi connectivity index (χ0n) is 16.2. The molecule has 146 valence electrons. The monoisotopic (exact) mass is 380 g/mol. The zero-order valence-corrected chi connectivity index (χ0v) is 16.2. The quantitative estimate of drug-likeness (QED) is 0.713. The van der Waals surface area contributed by atoms with Crippen molar-refractivity contribution in [2.24, 2.45) is 11.8 Å². The van der Waals surface area contributed by atoms with Gasteiger partial charge < -0.3 is 14.3 Å². The largest absolute Gasteiger partial charge is 0.466 e. The number of nitrogens with one attached hydrogen (secondary N) is 1. The van der Waals surface area contributed by atoms with E-state index < -0.39 is 0 Å². The van der Waals surface area contributed by atoms with Gasteiger partial charge in [-0.1, -0.05) is 0 Å². The minimum atomic E-state index is -0.222. The molecule has 2 aliphatic carbocycles. The van der Waals surface area contributed by atoms with Crippen molar-refractivity contribution < 1.29 is 9.21 Å². The molecule has 2 saturated carbocycles. The van der Waals surface area contributed by atoms with E-state index in [0.29, 0.717) is 30.6 Å². The number of aryl methyl sites for hydroxylation is 2. The molecule has 0 radical (unpaired) electrons. The highest BCUT2D eigenvalue weighted by Crippen LogP contribution is 2.33. The Kier molecular flexibility index (Phi) is 3.92. The van der Waals surface area contributed by atoms with Crippen molar-refractivity contribution >= 4 is 11.6 Å². The van der Waals surface area contributed by atoms with E-state index in [-0.39, 0.29) is 17.2 Å². The lowest BCUT2D eigenvalue weighted by atomic mass is 10.1. The molecule has 0 bridgehead atoms. The number of nitrogens with zero attached hydrogens (tertiary/aromatic N) is 3. The van der Waals surface area contributed by atoms with Gasteiger partial charge in [0.15, 0.2) is 0 Å². The molecule has 7 nitrogen and oxygen atoms in total. The normalized spacial score (nSPS) is 16.6. The van der Waals surface area contributed by atoms with Crippen LogP contribution in [0.4, 0.5) is 0 Å². The highest BCUT2D eigenvalue weighted by Gasteiger charge is 2.27. The second kappa shape index (κ2) is 6.36. The van der Waals surface area contributed by atoms with Crippen LogP contribution in [0.2, 0.25) is 0 Å². The number of carbonyl (C=O) groups excluding carboxylic acids is 1. The molecule has 7 heteroatoms. The van der Waals surface area contributed by atoms with Crippen LogP contribution in [-0.4, -0.2) is 26.4 Å². The molecular formula is C21H24N4O3.